The fourth-order valence-corrected chi connectivity index (χ4v) is 1.84. The van der Waals surface area contributed by atoms with Gasteiger partial charge in [-0.25, -0.2) is 0 Å². The molecule has 4 heteroatoms. The Kier molecular flexibility index (Phi) is 6.38. The van der Waals surface area contributed by atoms with Crippen LogP contribution in [-0.4, -0.2) is 0 Å². The number of benzene rings is 1. The Morgan fingerprint density at radius 1 is 1.00 bits per heavy atom. The molecule has 0 atom stereocenters. The van der Waals surface area contributed by atoms with Crippen molar-refractivity contribution in [3.05, 3.63) is 31.7 Å². The van der Waals surface area contributed by atoms with Gasteiger partial charge in [-0.3, -0.25) is 0 Å². The lowest BCUT2D eigenvalue weighted by Gasteiger charge is -1.98. The molecule has 0 amide bonds. The van der Waals surface area contributed by atoms with Crippen LogP contribution in [0.3, 0.4) is 0 Å². The van der Waals surface area contributed by atoms with Crippen LogP contribution in [0.15, 0.2) is 16.6 Å². The van der Waals surface area contributed by atoms with E-state index in [2.05, 4.69) is 15.9 Å². The maximum atomic E-state index is 5.67. The Morgan fingerprint density at radius 2 is 1.33 bits per heavy atom. The molecule has 1 aromatic rings. The molecule has 0 spiro atoms. The Hall–Kier alpha value is 0.570. The van der Waals surface area contributed by atoms with Crippen LogP contribution in [0.5, 0.6) is 0 Å². The molecule has 0 heterocycles. The van der Waals surface area contributed by atoms with Crippen molar-refractivity contribution in [1.29, 1.82) is 0 Å². The molecule has 0 bridgehead atoms. The minimum Gasteiger partial charge on any atom is -0.0826 e. The molecule has 0 aliphatic carbocycles. The van der Waals surface area contributed by atoms with E-state index in [-0.39, 0.29) is 0 Å². The molecule has 0 aromatic heterocycles. The summed E-state index contributed by atoms with van der Waals surface area (Å²) in [6.45, 7) is 4.00. The Morgan fingerprint density at radius 3 is 1.67 bits per heavy atom. The summed E-state index contributed by atoms with van der Waals surface area (Å²) in [5.74, 6) is 0. The van der Waals surface area contributed by atoms with Gasteiger partial charge in [0.1, 0.15) is 0 Å². The van der Waals surface area contributed by atoms with Crippen LogP contribution in [0.2, 0.25) is 15.1 Å². The Bertz CT molecular complexity index is 237. The first-order valence-corrected chi connectivity index (χ1v) is 5.34. The van der Waals surface area contributed by atoms with Crippen LogP contribution in [0.1, 0.15) is 13.8 Å². The normalized spacial score (nSPS) is 8.83. The van der Waals surface area contributed by atoms with E-state index >= 15 is 0 Å². The highest BCUT2D eigenvalue weighted by molar-refractivity contribution is 9.10. The zero-order valence-electron chi connectivity index (χ0n) is 6.67. The number of hydrogen-bond acceptors (Lipinski definition) is 0. The van der Waals surface area contributed by atoms with Gasteiger partial charge >= 0.3 is 0 Å². The molecular formula is C8H8BrCl3. The van der Waals surface area contributed by atoms with Gasteiger partial charge in [-0.1, -0.05) is 64.6 Å². The van der Waals surface area contributed by atoms with Gasteiger partial charge in [0.2, 0.25) is 0 Å². The SMILES string of the molecule is CC.Clc1cc(Br)cc(Cl)c1Cl. The topological polar surface area (TPSA) is 0 Å². The van der Waals surface area contributed by atoms with Crippen molar-refractivity contribution in [2.45, 2.75) is 13.8 Å². The molecule has 0 saturated heterocycles. The van der Waals surface area contributed by atoms with Crippen LogP contribution in [-0.2, 0) is 0 Å². The second kappa shape index (κ2) is 6.09. The highest BCUT2D eigenvalue weighted by atomic mass is 79.9. The second-order valence-corrected chi connectivity index (χ2v) is 3.79. The molecule has 68 valence electrons. The highest BCUT2D eigenvalue weighted by Crippen LogP contribution is 2.32. The number of halogens is 4. The van der Waals surface area contributed by atoms with E-state index in [0.717, 1.165) is 4.47 Å². The first-order chi connectivity index (χ1) is 5.61. The standard InChI is InChI=1S/C6H2BrCl3.C2H6/c7-3-1-4(8)6(10)5(9)2-3;1-2/h1-2H;1-2H3. The summed E-state index contributed by atoms with van der Waals surface area (Å²) in [7, 11) is 0. The van der Waals surface area contributed by atoms with E-state index in [4.69, 9.17) is 34.8 Å². The zero-order valence-corrected chi connectivity index (χ0v) is 10.5. The average molecular weight is 290 g/mol. The molecule has 0 radical (unpaired) electrons. The van der Waals surface area contributed by atoms with Crippen LogP contribution >= 0.6 is 50.7 Å². The van der Waals surface area contributed by atoms with E-state index in [9.17, 15) is 0 Å². The van der Waals surface area contributed by atoms with Gasteiger partial charge in [0.25, 0.3) is 0 Å². The molecule has 0 aliphatic rings. The van der Waals surface area contributed by atoms with Crippen molar-refractivity contribution in [2.24, 2.45) is 0 Å². The van der Waals surface area contributed by atoms with Gasteiger partial charge in [-0.15, -0.1) is 0 Å². The zero-order chi connectivity index (χ0) is 9.72. The molecular weight excluding hydrogens is 282 g/mol. The van der Waals surface area contributed by atoms with E-state index in [1.54, 1.807) is 12.1 Å². The number of rotatable bonds is 0. The smallest absolute Gasteiger partial charge is 0.0779 e. The first-order valence-electron chi connectivity index (χ1n) is 3.41. The highest BCUT2D eigenvalue weighted by Gasteiger charge is 2.02. The summed E-state index contributed by atoms with van der Waals surface area (Å²) < 4.78 is 0.826. The lowest BCUT2D eigenvalue weighted by Crippen LogP contribution is -1.71. The summed E-state index contributed by atoms with van der Waals surface area (Å²) in [5, 5.41) is 1.31. The Labute approximate surface area is 95.9 Å². The first kappa shape index (κ1) is 12.6. The third-order valence-electron chi connectivity index (χ3n) is 0.949. The quantitative estimate of drug-likeness (QED) is 0.441. The van der Waals surface area contributed by atoms with Gasteiger partial charge in [0, 0.05) is 4.47 Å². The van der Waals surface area contributed by atoms with Gasteiger partial charge in [-0.05, 0) is 12.1 Å². The van der Waals surface area contributed by atoms with Crippen molar-refractivity contribution in [1.82, 2.24) is 0 Å². The van der Waals surface area contributed by atoms with E-state index in [1.807, 2.05) is 13.8 Å². The predicted octanol–water partition coefficient (Wildman–Crippen LogP) is 5.44. The molecule has 0 N–H and O–H groups in total. The third kappa shape index (κ3) is 3.53. The molecule has 0 nitrogen and oxygen atoms in total. The largest absolute Gasteiger partial charge is 0.0826 e. The minimum absolute atomic E-state index is 0.395. The summed E-state index contributed by atoms with van der Waals surface area (Å²) in [6, 6.07) is 3.38. The van der Waals surface area contributed by atoms with E-state index in [1.165, 1.54) is 0 Å². The van der Waals surface area contributed by atoms with Gasteiger partial charge in [-0.2, -0.15) is 0 Å². The summed E-state index contributed by atoms with van der Waals surface area (Å²) >= 11 is 20.2. The van der Waals surface area contributed by atoms with Gasteiger partial charge in [0.05, 0.1) is 15.1 Å². The molecule has 12 heavy (non-hydrogen) atoms. The van der Waals surface area contributed by atoms with Crippen molar-refractivity contribution >= 4 is 50.7 Å². The fourth-order valence-electron chi connectivity index (χ4n) is 0.525. The van der Waals surface area contributed by atoms with E-state index < -0.39 is 0 Å². The third-order valence-corrected chi connectivity index (χ3v) is 2.60. The molecule has 0 fully saturated rings. The minimum atomic E-state index is 0.395. The van der Waals surface area contributed by atoms with Crippen LogP contribution < -0.4 is 0 Å². The monoisotopic (exact) mass is 288 g/mol. The summed E-state index contributed by atoms with van der Waals surface area (Å²) in [6.07, 6.45) is 0. The van der Waals surface area contributed by atoms with Crippen molar-refractivity contribution in [3.63, 3.8) is 0 Å². The van der Waals surface area contributed by atoms with Crippen LogP contribution in [0.4, 0.5) is 0 Å². The van der Waals surface area contributed by atoms with Gasteiger partial charge < -0.3 is 0 Å². The molecule has 0 saturated carbocycles. The maximum Gasteiger partial charge on any atom is 0.0779 e. The fraction of sp³-hybridized carbons (Fsp3) is 0.250. The van der Waals surface area contributed by atoms with Crippen LogP contribution in [0, 0.1) is 0 Å². The Balaban J connectivity index is 0.000000561. The molecule has 1 rings (SSSR count). The lowest BCUT2D eigenvalue weighted by molar-refractivity contribution is 1.50. The summed E-state index contributed by atoms with van der Waals surface area (Å²) in [4.78, 5) is 0. The van der Waals surface area contributed by atoms with Crippen molar-refractivity contribution in [2.75, 3.05) is 0 Å². The lowest BCUT2D eigenvalue weighted by atomic mass is 10.4. The second-order valence-electron chi connectivity index (χ2n) is 1.68. The van der Waals surface area contributed by atoms with Gasteiger partial charge in [0.15, 0.2) is 0 Å². The molecule has 0 unspecified atom stereocenters. The number of hydrogen-bond donors (Lipinski definition) is 0. The molecule has 1 aromatic carbocycles. The van der Waals surface area contributed by atoms with Crippen molar-refractivity contribution < 1.29 is 0 Å². The summed E-state index contributed by atoms with van der Waals surface area (Å²) in [5.41, 5.74) is 0. The maximum absolute atomic E-state index is 5.67. The predicted molar refractivity (Wildman–Crippen MR) is 60.5 cm³/mol. The van der Waals surface area contributed by atoms with Crippen molar-refractivity contribution in [3.8, 4) is 0 Å². The van der Waals surface area contributed by atoms with E-state index in [0.29, 0.717) is 15.1 Å². The van der Waals surface area contributed by atoms with Crippen LogP contribution in [0.25, 0.3) is 0 Å². The molecule has 0 aliphatic heterocycles. The average Bonchev–Trinajstić information content (AvgIpc) is 2.04.